The second kappa shape index (κ2) is 8.66. The number of aliphatic hydroxyl groups excluding tert-OH is 1. The molecule has 5 heteroatoms. The minimum absolute atomic E-state index is 0.0360. The highest BCUT2D eigenvalue weighted by molar-refractivity contribution is 7.99. The topological polar surface area (TPSA) is 61.4 Å². The molecule has 0 fully saturated rings. The Labute approximate surface area is 135 Å². The van der Waals surface area contributed by atoms with Crippen molar-refractivity contribution in [3.63, 3.8) is 0 Å². The van der Waals surface area contributed by atoms with Gasteiger partial charge in [0.2, 0.25) is 0 Å². The van der Waals surface area contributed by atoms with Crippen LogP contribution in [0.4, 0.5) is 0 Å². The molecule has 0 aromatic heterocycles. The molecule has 0 saturated carbocycles. The number of carbonyl (C=O) groups excluding carboxylic acids is 1. The number of aliphatic hydroxyl groups is 1. The van der Waals surface area contributed by atoms with Crippen molar-refractivity contribution < 1.29 is 9.90 Å². The van der Waals surface area contributed by atoms with Crippen molar-refractivity contribution in [2.75, 3.05) is 12.4 Å². The van der Waals surface area contributed by atoms with Crippen molar-refractivity contribution in [2.24, 2.45) is 0 Å². The molecule has 4 nitrogen and oxygen atoms in total. The second-order valence-electron chi connectivity index (χ2n) is 5.06. The van der Waals surface area contributed by atoms with Crippen LogP contribution in [0.5, 0.6) is 0 Å². The first-order chi connectivity index (χ1) is 10.7. The Kier molecular flexibility index (Phi) is 6.55. The van der Waals surface area contributed by atoms with Gasteiger partial charge in [0.25, 0.3) is 5.91 Å². The Morgan fingerprint density at radius 1 is 1.27 bits per heavy atom. The zero-order chi connectivity index (χ0) is 15.8. The molecule has 22 heavy (non-hydrogen) atoms. The van der Waals surface area contributed by atoms with E-state index in [2.05, 4.69) is 29.3 Å². The fourth-order valence-corrected chi connectivity index (χ4v) is 3.24. The van der Waals surface area contributed by atoms with Gasteiger partial charge in [-0.3, -0.25) is 4.79 Å². The van der Waals surface area contributed by atoms with E-state index in [4.69, 9.17) is 5.11 Å². The van der Waals surface area contributed by atoms with Gasteiger partial charge in [-0.25, -0.2) is 0 Å². The largest absolute Gasteiger partial charge is 0.396 e. The van der Waals surface area contributed by atoms with Gasteiger partial charge in [-0.05, 0) is 24.2 Å². The van der Waals surface area contributed by atoms with E-state index in [1.54, 1.807) is 17.8 Å². The highest BCUT2D eigenvalue weighted by Gasteiger charge is 2.25. The van der Waals surface area contributed by atoms with Crippen LogP contribution in [0.2, 0.25) is 0 Å². The monoisotopic (exact) mass is 318 g/mol. The van der Waals surface area contributed by atoms with Crippen LogP contribution in [-0.2, 0) is 11.2 Å². The number of hydrogen-bond acceptors (Lipinski definition) is 4. The molecule has 1 amide bonds. The predicted molar refractivity (Wildman–Crippen MR) is 91.2 cm³/mol. The normalized spacial score (nSPS) is 17.9. The molecule has 0 bridgehead atoms. The van der Waals surface area contributed by atoms with Crippen LogP contribution in [0.3, 0.4) is 0 Å². The molecule has 0 spiro atoms. The average Bonchev–Trinajstić information content (AvgIpc) is 2.52. The van der Waals surface area contributed by atoms with Gasteiger partial charge >= 0.3 is 0 Å². The molecule has 0 saturated heterocycles. The molecular formula is C17H22N2O2S. The fourth-order valence-electron chi connectivity index (χ4n) is 2.29. The van der Waals surface area contributed by atoms with Gasteiger partial charge in [0, 0.05) is 24.3 Å². The predicted octanol–water partition coefficient (Wildman–Crippen LogP) is 2.18. The van der Waals surface area contributed by atoms with E-state index in [1.807, 2.05) is 18.2 Å². The summed E-state index contributed by atoms with van der Waals surface area (Å²) in [6.45, 7) is 3.90. The zero-order valence-corrected chi connectivity index (χ0v) is 13.4. The molecule has 1 aromatic rings. The van der Waals surface area contributed by atoms with Gasteiger partial charge in [-0.15, -0.1) is 18.3 Å². The van der Waals surface area contributed by atoms with E-state index in [0.29, 0.717) is 12.8 Å². The van der Waals surface area contributed by atoms with E-state index in [1.165, 1.54) is 5.56 Å². The molecule has 1 atom stereocenters. The number of carbonyl (C=O) groups is 1. The zero-order valence-electron chi connectivity index (χ0n) is 12.5. The summed E-state index contributed by atoms with van der Waals surface area (Å²) in [5.74, 6) is 0.759. The van der Waals surface area contributed by atoms with Crippen molar-refractivity contribution in [3.05, 3.63) is 59.8 Å². The number of rotatable bonds is 8. The standard InChI is InChI=1S/C17H22N2O2S/c1-2-7-14-15(12-13-8-4-3-5-9-13)18-17(19-16(14)21)22-11-6-10-20/h2-5,8-9,17-18,20H,1,6-7,10-12H2,(H,19,21). The number of nitrogens with one attached hydrogen (secondary N) is 2. The maximum absolute atomic E-state index is 12.3. The van der Waals surface area contributed by atoms with Gasteiger partial charge in [0.15, 0.2) is 0 Å². The summed E-state index contributed by atoms with van der Waals surface area (Å²) in [6, 6.07) is 10.1. The Morgan fingerprint density at radius 3 is 2.73 bits per heavy atom. The highest BCUT2D eigenvalue weighted by Crippen LogP contribution is 2.21. The van der Waals surface area contributed by atoms with Crippen LogP contribution in [0, 0.1) is 0 Å². The van der Waals surface area contributed by atoms with Crippen LogP contribution in [0.15, 0.2) is 54.3 Å². The Bertz CT molecular complexity index is 543. The Balaban J connectivity index is 2.13. The number of thioether (sulfide) groups is 1. The van der Waals surface area contributed by atoms with Gasteiger partial charge < -0.3 is 15.7 Å². The summed E-state index contributed by atoms with van der Waals surface area (Å²) < 4.78 is 0. The number of allylic oxidation sites excluding steroid dienone is 2. The molecule has 3 N–H and O–H groups in total. The minimum Gasteiger partial charge on any atom is -0.396 e. The first-order valence-corrected chi connectivity index (χ1v) is 8.46. The van der Waals surface area contributed by atoms with Crippen molar-refractivity contribution in [1.29, 1.82) is 0 Å². The van der Waals surface area contributed by atoms with E-state index >= 15 is 0 Å². The summed E-state index contributed by atoms with van der Waals surface area (Å²) in [4.78, 5) is 12.3. The minimum atomic E-state index is -0.147. The van der Waals surface area contributed by atoms with Crippen molar-refractivity contribution in [1.82, 2.24) is 10.6 Å². The third-order valence-corrected chi connectivity index (χ3v) is 4.46. The van der Waals surface area contributed by atoms with Crippen LogP contribution in [0.1, 0.15) is 18.4 Å². The van der Waals surface area contributed by atoms with Gasteiger partial charge in [0.05, 0.1) is 0 Å². The lowest BCUT2D eigenvalue weighted by molar-refractivity contribution is -0.118. The molecular weight excluding hydrogens is 296 g/mol. The molecule has 0 radical (unpaired) electrons. The molecule has 118 valence electrons. The van der Waals surface area contributed by atoms with Gasteiger partial charge in [0.1, 0.15) is 5.50 Å². The average molecular weight is 318 g/mol. The summed E-state index contributed by atoms with van der Waals surface area (Å²) in [7, 11) is 0. The highest BCUT2D eigenvalue weighted by atomic mass is 32.2. The molecule has 2 rings (SSSR count). The lowest BCUT2D eigenvalue weighted by Gasteiger charge is -2.29. The van der Waals surface area contributed by atoms with Crippen LogP contribution >= 0.6 is 11.8 Å². The fraction of sp³-hybridized carbons (Fsp3) is 0.353. The SMILES string of the molecule is C=CCC1=C(Cc2ccccc2)NC(SCCCO)NC1=O. The number of hydrogen-bond donors (Lipinski definition) is 3. The first kappa shape index (κ1) is 16.6. The smallest absolute Gasteiger partial charge is 0.251 e. The molecule has 1 aromatic carbocycles. The third kappa shape index (κ3) is 4.64. The van der Waals surface area contributed by atoms with E-state index < -0.39 is 0 Å². The molecule has 1 aliphatic heterocycles. The number of benzene rings is 1. The van der Waals surface area contributed by atoms with Crippen LogP contribution in [-0.4, -0.2) is 28.9 Å². The summed E-state index contributed by atoms with van der Waals surface area (Å²) in [5.41, 5.74) is 2.72. The number of amides is 1. The van der Waals surface area contributed by atoms with Gasteiger partial charge in [-0.1, -0.05) is 36.4 Å². The molecule has 1 aliphatic rings. The van der Waals surface area contributed by atoms with Crippen molar-refractivity contribution in [2.45, 2.75) is 24.8 Å². The third-order valence-electron chi connectivity index (χ3n) is 3.37. The molecule has 1 unspecified atom stereocenters. The lowest BCUT2D eigenvalue weighted by atomic mass is 10.0. The van der Waals surface area contributed by atoms with Crippen LogP contribution < -0.4 is 10.6 Å². The maximum atomic E-state index is 12.3. The molecule has 0 aliphatic carbocycles. The first-order valence-electron chi connectivity index (χ1n) is 7.41. The van der Waals surface area contributed by atoms with E-state index in [-0.39, 0.29) is 18.0 Å². The van der Waals surface area contributed by atoms with Crippen molar-refractivity contribution >= 4 is 17.7 Å². The maximum Gasteiger partial charge on any atom is 0.251 e. The van der Waals surface area contributed by atoms with E-state index in [9.17, 15) is 4.79 Å². The summed E-state index contributed by atoms with van der Waals surface area (Å²) >= 11 is 1.60. The lowest BCUT2D eigenvalue weighted by Crippen LogP contribution is -2.49. The quantitative estimate of drug-likeness (QED) is 0.508. The Morgan fingerprint density at radius 2 is 2.05 bits per heavy atom. The van der Waals surface area contributed by atoms with Crippen LogP contribution in [0.25, 0.3) is 0 Å². The summed E-state index contributed by atoms with van der Waals surface area (Å²) in [5, 5.41) is 15.2. The van der Waals surface area contributed by atoms with E-state index in [0.717, 1.165) is 23.4 Å². The van der Waals surface area contributed by atoms with Gasteiger partial charge in [-0.2, -0.15) is 0 Å². The summed E-state index contributed by atoms with van der Waals surface area (Å²) in [6.07, 6.45) is 3.72. The van der Waals surface area contributed by atoms with Crippen molar-refractivity contribution in [3.8, 4) is 0 Å². The second-order valence-corrected chi connectivity index (χ2v) is 6.27. The Hall–Kier alpha value is -1.72. The molecule has 1 heterocycles.